The summed E-state index contributed by atoms with van der Waals surface area (Å²) < 4.78 is 30.0. The van der Waals surface area contributed by atoms with Gasteiger partial charge in [0, 0.05) is 12.1 Å². The number of methoxy groups -OCH3 is 1. The Balaban J connectivity index is 2.27. The monoisotopic (exact) mass is 382 g/mol. The van der Waals surface area contributed by atoms with Crippen LogP contribution in [0.4, 0.5) is 5.69 Å². The third kappa shape index (κ3) is 4.35. The fourth-order valence-electron chi connectivity index (χ4n) is 3.07. The Kier molecular flexibility index (Phi) is 6.28. The van der Waals surface area contributed by atoms with Gasteiger partial charge in [-0.25, -0.2) is 13.2 Å². The number of hydrogen-bond acceptors (Lipinski definition) is 5. The van der Waals surface area contributed by atoms with Crippen molar-refractivity contribution in [3.63, 3.8) is 0 Å². The zero-order valence-electron chi connectivity index (χ0n) is 15.6. The molecular formula is C18H26N2O5S. The zero-order chi connectivity index (χ0) is 19.5. The van der Waals surface area contributed by atoms with Gasteiger partial charge < -0.3 is 10.1 Å². The highest BCUT2D eigenvalue weighted by Crippen LogP contribution is 2.30. The number of nitrogens with zero attached hydrogens (tertiary/aromatic N) is 1. The largest absolute Gasteiger partial charge is 0.467 e. The summed E-state index contributed by atoms with van der Waals surface area (Å²) in [5, 5.41) is 2.74. The van der Waals surface area contributed by atoms with E-state index in [-0.39, 0.29) is 11.8 Å². The Morgan fingerprint density at radius 2 is 2.04 bits per heavy atom. The quantitative estimate of drug-likeness (QED) is 0.756. The molecule has 0 radical (unpaired) electrons. The van der Waals surface area contributed by atoms with Crippen molar-refractivity contribution >= 4 is 27.6 Å². The van der Waals surface area contributed by atoms with Gasteiger partial charge in [-0.2, -0.15) is 0 Å². The molecule has 1 aromatic rings. The Morgan fingerprint density at radius 1 is 1.35 bits per heavy atom. The average molecular weight is 382 g/mol. The van der Waals surface area contributed by atoms with E-state index in [2.05, 4.69) is 5.32 Å². The van der Waals surface area contributed by atoms with Crippen molar-refractivity contribution in [2.75, 3.05) is 24.2 Å². The van der Waals surface area contributed by atoms with E-state index in [0.717, 1.165) is 5.56 Å². The van der Waals surface area contributed by atoms with Crippen LogP contribution in [0.1, 0.15) is 42.6 Å². The molecule has 0 aromatic heterocycles. The molecule has 0 saturated carbocycles. The summed E-state index contributed by atoms with van der Waals surface area (Å²) in [5.74, 6) is -0.918. The van der Waals surface area contributed by atoms with Crippen molar-refractivity contribution in [3.8, 4) is 0 Å². The lowest BCUT2D eigenvalue weighted by Gasteiger charge is -2.29. The molecular weight excluding hydrogens is 356 g/mol. The van der Waals surface area contributed by atoms with Gasteiger partial charge in [0.2, 0.25) is 10.0 Å². The molecule has 0 fully saturated rings. The number of fused-ring (bicyclic) bond motifs is 1. The summed E-state index contributed by atoms with van der Waals surface area (Å²) >= 11 is 0. The van der Waals surface area contributed by atoms with E-state index >= 15 is 0 Å². The number of nitrogens with one attached hydrogen (secondary N) is 1. The maximum atomic E-state index is 12.6. The molecule has 2 rings (SSSR count). The second kappa shape index (κ2) is 8.07. The van der Waals surface area contributed by atoms with E-state index in [9.17, 15) is 18.0 Å². The Morgan fingerprint density at radius 3 is 2.62 bits per heavy atom. The van der Waals surface area contributed by atoms with Gasteiger partial charge in [-0.1, -0.05) is 20.3 Å². The van der Waals surface area contributed by atoms with Crippen molar-refractivity contribution in [2.45, 2.75) is 39.2 Å². The topological polar surface area (TPSA) is 92.8 Å². The zero-order valence-corrected chi connectivity index (χ0v) is 16.4. The lowest BCUT2D eigenvalue weighted by molar-refractivity contribution is -0.144. The number of amides is 1. The van der Waals surface area contributed by atoms with Gasteiger partial charge in [0.1, 0.15) is 6.04 Å². The molecule has 1 heterocycles. The van der Waals surface area contributed by atoms with Crippen LogP contribution in [0, 0.1) is 5.92 Å². The fourth-order valence-corrected chi connectivity index (χ4v) is 4.07. The standard InChI is InChI=1S/C18H26N2O5S/c1-5-12(2)16(18(22)25-3)19-17(21)14-8-9-15-13(11-14)7-6-10-20(15)26(4,23)24/h8-9,11-12,16H,5-7,10H2,1-4H3,(H,19,21)/t12-,16+/m0/s1. The average Bonchev–Trinajstić information content (AvgIpc) is 2.62. The van der Waals surface area contributed by atoms with Crippen molar-refractivity contribution in [3.05, 3.63) is 29.3 Å². The summed E-state index contributed by atoms with van der Waals surface area (Å²) in [7, 11) is -2.05. The third-order valence-corrected chi connectivity index (χ3v) is 5.95. The van der Waals surface area contributed by atoms with E-state index in [4.69, 9.17) is 4.74 Å². The van der Waals surface area contributed by atoms with Crippen LogP contribution < -0.4 is 9.62 Å². The first-order valence-corrected chi connectivity index (χ1v) is 10.5. The predicted octanol–water partition coefficient (Wildman–Crippen LogP) is 1.72. The summed E-state index contributed by atoms with van der Waals surface area (Å²) in [6, 6.07) is 4.22. The first-order valence-electron chi connectivity index (χ1n) is 8.68. The van der Waals surface area contributed by atoms with E-state index in [1.165, 1.54) is 17.7 Å². The van der Waals surface area contributed by atoms with Crippen LogP contribution in [0.3, 0.4) is 0 Å². The van der Waals surface area contributed by atoms with Crippen LogP contribution in [0.2, 0.25) is 0 Å². The maximum absolute atomic E-state index is 12.6. The summed E-state index contributed by atoms with van der Waals surface area (Å²) in [6.45, 7) is 4.25. The number of ether oxygens (including phenoxy) is 1. The Bertz CT molecular complexity index is 791. The minimum absolute atomic E-state index is 0.0650. The van der Waals surface area contributed by atoms with Gasteiger partial charge >= 0.3 is 5.97 Å². The van der Waals surface area contributed by atoms with Gasteiger partial charge in [0.25, 0.3) is 5.91 Å². The first kappa shape index (κ1) is 20.2. The Labute approximate surface area is 154 Å². The van der Waals surface area contributed by atoms with Crippen LogP contribution >= 0.6 is 0 Å². The summed E-state index contributed by atoms with van der Waals surface area (Å²) in [6.07, 6.45) is 3.29. The third-order valence-electron chi connectivity index (χ3n) is 4.77. The van der Waals surface area contributed by atoms with Gasteiger partial charge in [-0.3, -0.25) is 9.10 Å². The number of sulfonamides is 1. The second-order valence-electron chi connectivity index (χ2n) is 6.64. The molecule has 0 spiro atoms. The van der Waals surface area contributed by atoms with Crippen molar-refractivity contribution in [1.29, 1.82) is 0 Å². The normalized spacial score (nSPS) is 16.4. The van der Waals surface area contributed by atoms with Crippen molar-refractivity contribution < 1.29 is 22.7 Å². The molecule has 2 atom stereocenters. The van der Waals surface area contributed by atoms with Gasteiger partial charge in [0.15, 0.2) is 0 Å². The smallest absolute Gasteiger partial charge is 0.328 e. The minimum atomic E-state index is -3.35. The molecule has 1 aliphatic heterocycles. The number of hydrogen-bond donors (Lipinski definition) is 1. The van der Waals surface area contributed by atoms with Crippen molar-refractivity contribution in [2.24, 2.45) is 5.92 Å². The molecule has 0 saturated heterocycles. The number of aryl methyl sites for hydroxylation is 1. The molecule has 1 amide bonds. The molecule has 0 unspecified atom stereocenters. The number of benzene rings is 1. The van der Waals surface area contributed by atoms with Crippen LogP contribution in [0.25, 0.3) is 0 Å². The van der Waals surface area contributed by atoms with E-state index in [0.29, 0.717) is 37.1 Å². The predicted molar refractivity (Wildman–Crippen MR) is 99.7 cm³/mol. The minimum Gasteiger partial charge on any atom is -0.467 e. The molecule has 0 aliphatic carbocycles. The lowest BCUT2D eigenvalue weighted by atomic mass is 9.97. The van der Waals surface area contributed by atoms with Gasteiger partial charge in [-0.15, -0.1) is 0 Å². The fraction of sp³-hybridized carbons (Fsp3) is 0.556. The number of carbonyl (C=O) groups is 2. The van der Waals surface area contributed by atoms with E-state index < -0.39 is 22.0 Å². The molecule has 0 bridgehead atoms. The second-order valence-corrected chi connectivity index (χ2v) is 8.55. The van der Waals surface area contributed by atoms with E-state index in [1.807, 2.05) is 13.8 Å². The number of carbonyl (C=O) groups excluding carboxylic acids is 2. The first-order chi connectivity index (χ1) is 12.2. The molecule has 1 aliphatic rings. The van der Waals surface area contributed by atoms with E-state index in [1.54, 1.807) is 18.2 Å². The molecule has 1 aromatic carbocycles. The van der Waals surface area contributed by atoms with Crippen LogP contribution in [-0.4, -0.2) is 46.2 Å². The Hall–Kier alpha value is -2.09. The molecule has 144 valence electrons. The van der Waals surface area contributed by atoms with Crippen molar-refractivity contribution in [1.82, 2.24) is 5.32 Å². The summed E-state index contributed by atoms with van der Waals surface area (Å²) in [4.78, 5) is 24.6. The molecule has 8 heteroatoms. The molecule has 26 heavy (non-hydrogen) atoms. The molecule has 1 N–H and O–H groups in total. The number of esters is 1. The highest BCUT2D eigenvalue weighted by Gasteiger charge is 2.28. The van der Waals surface area contributed by atoms with Crippen LogP contribution in [0.15, 0.2) is 18.2 Å². The SMILES string of the molecule is CC[C@H](C)[C@@H](NC(=O)c1ccc2c(c1)CCCN2S(C)(=O)=O)C(=O)OC. The van der Waals surface area contributed by atoms with Crippen LogP contribution in [0.5, 0.6) is 0 Å². The number of rotatable bonds is 6. The van der Waals surface area contributed by atoms with Gasteiger partial charge in [0.05, 0.1) is 19.1 Å². The summed E-state index contributed by atoms with van der Waals surface area (Å²) in [5.41, 5.74) is 1.82. The number of anilines is 1. The highest BCUT2D eigenvalue weighted by atomic mass is 32.2. The lowest BCUT2D eigenvalue weighted by Crippen LogP contribution is -2.45. The van der Waals surface area contributed by atoms with Gasteiger partial charge in [-0.05, 0) is 42.5 Å². The maximum Gasteiger partial charge on any atom is 0.328 e. The molecule has 7 nitrogen and oxygen atoms in total. The van der Waals surface area contributed by atoms with Crippen LogP contribution in [-0.2, 0) is 26.0 Å². The highest BCUT2D eigenvalue weighted by molar-refractivity contribution is 7.92.